The molecule has 1 unspecified atom stereocenters. The normalized spacial score (nSPS) is 16.0. The van der Waals surface area contributed by atoms with Crippen molar-refractivity contribution in [2.24, 2.45) is 0 Å². The molecule has 59 heavy (non-hydrogen) atoms. The molecule has 2 atom stereocenters. The molecule has 1 aliphatic rings. The quantitative estimate of drug-likeness (QED) is 0.0560. The predicted octanol–water partition coefficient (Wildman–Crippen LogP) is 4.45. The number of amides is 4. The van der Waals surface area contributed by atoms with Crippen LogP contribution in [0.5, 0.6) is 0 Å². The summed E-state index contributed by atoms with van der Waals surface area (Å²) in [5, 5.41) is 19.1. The van der Waals surface area contributed by atoms with Gasteiger partial charge >= 0.3 is 17.9 Å². The Morgan fingerprint density at radius 2 is 1.14 bits per heavy atom. The van der Waals surface area contributed by atoms with Crippen molar-refractivity contribution < 1.29 is 62.5 Å². The Hall–Kier alpha value is -3.83. The van der Waals surface area contributed by atoms with Crippen molar-refractivity contribution in [3.05, 3.63) is 0 Å². The van der Waals surface area contributed by atoms with Crippen molar-refractivity contribution in [3.8, 4) is 0 Å². The van der Waals surface area contributed by atoms with Gasteiger partial charge in [0, 0.05) is 78.0 Å². The molecule has 17 heteroatoms. The van der Waals surface area contributed by atoms with Gasteiger partial charge in [0.05, 0.1) is 6.42 Å². The fraction of sp³-hybridized carbons (Fsp3) is 0.833. The molecular weight excluding hydrogens is 768 g/mol. The van der Waals surface area contributed by atoms with E-state index in [1.807, 2.05) is 20.8 Å². The number of hydrogen-bond acceptors (Lipinski definition) is 13. The second-order valence-corrected chi connectivity index (χ2v) is 17.1. The molecule has 0 aromatic heterocycles. The summed E-state index contributed by atoms with van der Waals surface area (Å²) < 4.78 is 22.0. The molecule has 17 nitrogen and oxygen atoms in total. The molecule has 1 rings (SSSR count). The van der Waals surface area contributed by atoms with Crippen LogP contribution in [-0.4, -0.2) is 114 Å². The van der Waals surface area contributed by atoms with Crippen LogP contribution in [0.25, 0.3) is 0 Å². The molecule has 0 aromatic rings. The van der Waals surface area contributed by atoms with E-state index >= 15 is 0 Å². The molecule has 0 radical (unpaired) electrons. The van der Waals surface area contributed by atoms with Gasteiger partial charge in [-0.05, 0) is 93.4 Å². The first kappa shape index (κ1) is 53.2. The Morgan fingerprint density at radius 1 is 0.644 bits per heavy atom. The van der Waals surface area contributed by atoms with Crippen molar-refractivity contribution in [2.45, 2.75) is 187 Å². The number of nitrogens with one attached hydrogen (secondary N) is 3. The summed E-state index contributed by atoms with van der Waals surface area (Å²) in [6.45, 7) is 15.1. The summed E-state index contributed by atoms with van der Waals surface area (Å²) in [7, 11) is 0. The highest BCUT2D eigenvalue weighted by Crippen LogP contribution is 2.28. The first-order chi connectivity index (χ1) is 27.7. The molecule has 0 bridgehead atoms. The third-order valence-corrected chi connectivity index (χ3v) is 8.77. The largest absolute Gasteiger partial charge is 0.460 e. The molecule has 340 valence electrons. The smallest absolute Gasteiger partial charge is 0.332 e. The first-order valence-corrected chi connectivity index (χ1v) is 21.4. The molecular formula is C42H74N4O13. The fourth-order valence-corrected chi connectivity index (χ4v) is 5.74. The number of unbranched alkanes of at least 4 members (excludes halogenated alkanes) is 6. The minimum atomic E-state index is -1.63. The number of esters is 2. The highest BCUT2D eigenvalue weighted by Gasteiger charge is 2.43. The zero-order chi connectivity index (χ0) is 44.3. The first-order valence-electron chi connectivity index (χ1n) is 21.4. The van der Waals surface area contributed by atoms with Crippen molar-refractivity contribution in [1.82, 2.24) is 21.0 Å². The van der Waals surface area contributed by atoms with Gasteiger partial charge < -0.3 is 44.8 Å². The lowest BCUT2D eigenvalue weighted by molar-refractivity contribution is -0.248. The number of hydroxylamine groups is 2. The van der Waals surface area contributed by atoms with Gasteiger partial charge in [0.15, 0.2) is 5.72 Å². The van der Waals surface area contributed by atoms with Crippen LogP contribution >= 0.6 is 0 Å². The number of rotatable bonds is 31. The fourth-order valence-electron chi connectivity index (χ4n) is 5.74. The van der Waals surface area contributed by atoms with Crippen LogP contribution in [0.3, 0.4) is 0 Å². The Bertz CT molecular complexity index is 1310. The Morgan fingerprint density at radius 3 is 1.66 bits per heavy atom. The molecule has 1 saturated heterocycles. The van der Waals surface area contributed by atoms with E-state index in [9.17, 15) is 38.7 Å². The minimum absolute atomic E-state index is 0.0219. The Labute approximate surface area is 351 Å². The van der Waals surface area contributed by atoms with E-state index in [0.717, 1.165) is 57.8 Å². The second kappa shape index (κ2) is 28.6. The highest BCUT2D eigenvalue weighted by molar-refractivity contribution is 5.88. The van der Waals surface area contributed by atoms with Crippen LogP contribution in [0.2, 0.25) is 0 Å². The van der Waals surface area contributed by atoms with Gasteiger partial charge in [-0.15, -0.1) is 5.06 Å². The number of carbonyl (C=O) groups excluding carboxylic acids is 7. The Kier molecular flexibility index (Phi) is 25.8. The minimum Gasteiger partial charge on any atom is -0.460 e. The van der Waals surface area contributed by atoms with Gasteiger partial charge in [-0.25, -0.2) is 9.59 Å². The topological polar surface area (TPSA) is 225 Å². The summed E-state index contributed by atoms with van der Waals surface area (Å²) in [5.74, 6) is -3.18. The molecule has 4 amide bonds. The molecule has 1 fully saturated rings. The van der Waals surface area contributed by atoms with E-state index in [0.29, 0.717) is 63.8 Å². The molecule has 0 aliphatic carbocycles. The highest BCUT2D eigenvalue weighted by atomic mass is 16.7. The van der Waals surface area contributed by atoms with E-state index in [2.05, 4.69) is 16.0 Å². The van der Waals surface area contributed by atoms with Crippen LogP contribution in [0.1, 0.15) is 164 Å². The lowest BCUT2D eigenvalue weighted by Gasteiger charge is -2.28. The van der Waals surface area contributed by atoms with Gasteiger partial charge in [0.1, 0.15) is 17.2 Å². The molecule has 4 N–H and O–H groups in total. The SMILES string of the molecule is CC(C)(C)OC(=O)CCCCCCCCC(=O)NCCCOCCCCOCCCNC(=O)CCC(=O)N[C@@H](CCC(=O)ON1C(=O)CCC1(C)O)C(=O)OC(C)(C)C. The Balaban J connectivity index is 2.06. The van der Waals surface area contributed by atoms with Crippen LogP contribution in [0, 0.1) is 0 Å². The summed E-state index contributed by atoms with van der Waals surface area (Å²) in [6, 6.07) is -1.20. The maximum absolute atomic E-state index is 12.8. The van der Waals surface area contributed by atoms with E-state index < -0.39 is 46.7 Å². The van der Waals surface area contributed by atoms with Gasteiger partial charge in [0.25, 0.3) is 5.91 Å². The summed E-state index contributed by atoms with van der Waals surface area (Å²) in [4.78, 5) is 90.9. The van der Waals surface area contributed by atoms with Gasteiger partial charge in [-0.2, -0.15) is 0 Å². The van der Waals surface area contributed by atoms with Crippen molar-refractivity contribution >= 4 is 41.5 Å². The van der Waals surface area contributed by atoms with E-state index in [-0.39, 0.29) is 56.3 Å². The van der Waals surface area contributed by atoms with Crippen LogP contribution in [0.15, 0.2) is 0 Å². The maximum atomic E-state index is 12.8. The van der Waals surface area contributed by atoms with Gasteiger partial charge in [-0.1, -0.05) is 25.7 Å². The lowest BCUT2D eigenvalue weighted by atomic mass is 10.1. The van der Waals surface area contributed by atoms with Gasteiger partial charge in [-0.3, -0.25) is 24.0 Å². The van der Waals surface area contributed by atoms with E-state index in [1.54, 1.807) is 20.8 Å². The number of carbonyl (C=O) groups is 7. The van der Waals surface area contributed by atoms with Gasteiger partial charge in [0.2, 0.25) is 17.7 Å². The zero-order valence-corrected chi connectivity index (χ0v) is 36.8. The summed E-state index contributed by atoms with van der Waals surface area (Å²) >= 11 is 0. The molecule has 0 saturated carbocycles. The molecule has 0 aromatic carbocycles. The second-order valence-electron chi connectivity index (χ2n) is 17.1. The van der Waals surface area contributed by atoms with Crippen molar-refractivity contribution in [1.29, 1.82) is 0 Å². The summed E-state index contributed by atoms with van der Waals surface area (Å²) in [6.07, 6.45) is 9.04. The number of nitrogens with zero attached hydrogens (tertiary/aromatic N) is 1. The van der Waals surface area contributed by atoms with Crippen molar-refractivity contribution in [3.63, 3.8) is 0 Å². The third kappa shape index (κ3) is 28.3. The number of hydrogen-bond donors (Lipinski definition) is 4. The van der Waals surface area contributed by atoms with E-state index in [4.69, 9.17) is 23.8 Å². The van der Waals surface area contributed by atoms with Crippen LogP contribution in [-0.2, 0) is 57.3 Å². The number of ether oxygens (including phenoxy) is 4. The molecule has 1 heterocycles. The third-order valence-electron chi connectivity index (χ3n) is 8.77. The molecule has 1 aliphatic heterocycles. The summed E-state index contributed by atoms with van der Waals surface area (Å²) in [5.41, 5.74) is -2.93. The van der Waals surface area contributed by atoms with Crippen LogP contribution in [0.4, 0.5) is 0 Å². The molecule has 0 spiro atoms. The standard InChI is InChI=1S/C42H74N4O13/c1-40(2,3)57-37(51)19-13-11-9-8-10-12-18-33(47)43-26-16-30-55-28-14-15-29-56-31-17-27-44-34(48)21-22-35(49)45-32(39(53)58-41(4,5)6)20-23-38(52)59-46-36(50)24-25-42(46,7)54/h32,54H,8-31H2,1-7H3,(H,43,47)(H,44,48)(H,45,49)/t32-,42?/m0/s1. The monoisotopic (exact) mass is 843 g/mol. The van der Waals surface area contributed by atoms with Crippen molar-refractivity contribution in [2.75, 3.05) is 39.5 Å². The van der Waals surface area contributed by atoms with E-state index in [1.165, 1.54) is 6.92 Å². The number of aliphatic hydroxyl groups is 1. The zero-order valence-electron chi connectivity index (χ0n) is 36.8. The predicted molar refractivity (Wildman–Crippen MR) is 218 cm³/mol. The average molecular weight is 843 g/mol. The average Bonchev–Trinajstić information content (AvgIpc) is 3.38. The maximum Gasteiger partial charge on any atom is 0.332 e. The lowest BCUT2D eigenvalue weighted by Crippen LogP contribution is -2.46. The van der Waals surface area contributed by atoms with Crippen LogP contribution < -0.4 is 16.0 Å².